The van der Waals surface area contributed by atoms with Crippen LogP contribution in [0.1, 0.15) is 10.4 Å². The van der Waals surface area contributed by atoms with Crippen molar-refractivity contribution in [2.75, 3.05) is 29.9 Å². The SMILES string of the molecule is O=C1CN(c2ccc(NC(=O)c3csc(Br)c3)cn2)CCN1. The standard InChI is InChI=1S/C14H13BrN4O2S/c15-11-5-9(8-22-11)14(21)18-10-1-2-12(17-6-10)19-4-3-16-13(20)7-19/h1-2,5-6,8H,3-4,7H2,(H,16,20)(H,18,21). The minimum Gasteiger partial charge on any atom is -0.353 e. The summed E-state index contributed by atoms with van der Waals surface area (Å²) in [7, 11) is 0. The van der Waals surface area contributed by atoms with Crippen LogP contribution in [0.15, 0.2) is 33.6 Å². The van der Waals surface area contributed by atoms with Crippen molar-refractivity contribution in [2.45, 2.75) is 0 Å². The molecule has 0 spiro atoms. The minimum absolute atomic E-state index is 0.00605. The molecule has 1 saturated heterocycles. The van der Waals surface area contributed by atoms with Crippen LogP contribution in [0, 0.1) is 0 Å². The Labute approximate surface area is 139 Å². The van der Waals surface area contributed by atoms with E-state index in [0.29, 0.717) is 24.3 Å². The second-order valence-corrected chi connectivity index (χ2v) is 7.06. The highest BCUT2D eigenvalue weighted by molar-refractivity contribution is 9.11. The number of aromatic nitrogens is 1. The number of piperazine rings is 1. The number of halogens is 1. The number of nitrogens with one attached hydrogen (secondary N) is 2. The zero-order valence-electron chi connectivity index (χ0n) is 11.5. The van der Waals surface area contributed by atoms with Gasteiger partial charge in [-0.1, -0.05) is 0 Å². The first-order chi connectivity index (χ1) is 10.6. The van der Waals surface area contributed by atoms with Gasteiger partial charge in [0.15, 0.2) is 0 Å². The Hall–Kier alpha value is -1.93. The molecule has 0 aromatic carbocycles. The Morgan fingerprint density at radius 3 is 2.95 bits per heavy atom. The van der Waals surface area contributed by atoms with Crippen LogP contribution >= 0.6 is 27.3 Å². The molecule has 3 rings (SSSR count). The highest BCUT2D eigenvalue weighted by Crippen LogP contribution is 2.22. The maximum Gasteiger partial charge on any atom is 0.256 e. The third-order valence-corrected chi connectivity index (χ3v) is 4.70. The molecule has 0 radical (unpaired) electrons. The van der Waals surface area contributed by atoms with E-state index in [1.54, 1.807) is 29.8 Å². The third kappa shape index (κ3) is 3.45. The highest BCUT2D eigenvalue weighted by Gasteiger charge is 2.17. The summed E-state index contributed by atoms with van der Waals surface area (Å²) in [5.41, 5.74) is 1.23. The number of nitrogens with zero attached hydrogens (tertiary/aromatic N) is 2. The molecule has 2 amide bonds. The lowest BCUT2D eigenvalue weighted by Crippen LogP contribution is -2.48. The second-order valence-electron chi connectivity index (χ2n) is 4.77. The molecule has 2 aromatic rings. The number of hydrogen-bond donors (Lipinski definition) is 2. The summed E-state index contributed by atoms with van der Waals surface area (Å²) in [6.07, 6.45) is 1.60. The van der Waals surface area contributed by atoms with Crippen LogP contribution in [-0.4, -0.2) is 36.4 Å². The van der Waals surface area contributed by atoms with Crippen molar-refractivity contribution in [3.8, 4) is 0 Å². The first-order valence-electron chi connectivity index (χ1n) is 6.65. The van der Waals surface area contributed by atoms with Gasteiger partial charge in [0.05, 0.1) is 27.8 Å². The fourth-order valence-corrected chi connectivity index (χ4v) is 3.25. The molecule has 22 heavy (non-hydrogen) atoms. The number of thiophene rings is 1. The van der Waals surface area contributed by atoms with Crippen molar-refractivity contribution >= 4 is 50.6 Å². The summed E-state index contributed by atoms with van der Waals surface area (Å²) < 4.78 is 0.912. The van der Waals surface area contributed by atoms with Crippen LogP contribution < -0.4 is 15.5 Å². The summed E-state index contributed by atoms with van der Waals surface area (Å²) in [4.78, 5) is 29.6. The van der Waals surface area contributed by atoms with Gasteiger partial charge in [-0.15, -0.1) is 11.3 Å². The molecule has 0 saturated carbocycles. The van der Waals surface area contributed by atoms with Crippen molar-refractivity contribution in [3.05, 3.63) is 39.1 Å². The lowest BCUT2D eigenvalue weighted by atomic mass is 10.3. The molecule has 8 heteroatoms. The van der Waals surface area contributed by atoms with Crippen LogP contribution in [0.25, 0.3) is 0 Å². The first kappa shape index (κ1) is 15.0. The van der Waals surface area contributed by atoms with E-state index in [9.17, 15) is 9.59 Å². The molecule has 0 aliphatic carbocycles. The average molecular weight is 381 g/mol. The Kier molecular flexibility index (Phi) is 4.39. The van der Waals surface area contributed by atoms with Crippen molar-refractivity contribution < 1.29 is 9.59 Å². The van der Waals surface area contributed by atoms with Crippen molar-refractivity contribution in [1.29, 1.82) is 0 Å². The van der Waals surface area contributed by atoms with E-state index in [-0.39, 0.29) is 11.8 Å². The lowest BCUT2D eigenvalue weighted by molar-refractivity contribution is -0.120. The van der Waals surface area contributed by atoms with E-state index in [1.165, 1.54) is 11.3 Å². The minimum atomic E-state index is -0.172. The van der Waals surface area contributed by atoms with Gasteiger partial charge in [-0.3, -0.25) is 9.59 Å². The zero-order chi connectivity index (χ0) is 15.5. The molecule has 3 heterocycles. The smallest absolute Gasteiger partial charge is 0.256 e. The van der Waals surface area contributed by atoms with E-state index < -0.39 is 0 Å². The second kappa shape index (κ2) is 6.45. The van der Waals surface area contributed by atoms with Crippen LogP contribution in [0.4, 0.5) is 11.5 Å². The van der Waals surface area contributed by atoms with Gasteiger partial charge in [-0.25, -0.2) is 4.98 Å². The Balaban J connectivity index is 1.66. The van der Waals surface area contributed by atoms with E-state index in [2.05, 4.69) is 31.5 Å². The molecule has 1 fully saturated rings. The Bertz CT molecular complexity index is 701. The van der Waals surface area contributed by atoms with Crippen LogP contribution in [-0.2, 0) is 4.79 Å². The van der Waals surface area contributed by atoms with Gasteiger partial charge >= 0.3 is 0 Å². The van der Waals surface area contributed by atoms with E-state index in [1.807, 2.05) is 4.90 Å². The number of hydrogen-bond acceptors (Lipinski definition) is 5. The maximum atomic E-state index is 12.0. The van der Waals surface area contributed by atoms with Crippen LogP contribution in [0.5, 0.6) is 0 Å². The predicted molar refractivity (Wildman–Crippen MR) is 89.4 cm³/mol. The van der Waals surface area contributed by atoms with Crippen molar-refractivity contribution in [1.82, 2.24) is 10.3 Å². The van der Waals surface area contributed by atoms with Gasteiger partial charge in [0.25, 0.3) is 5.91 Å². The summed E-state index contributed by atoms with van der Waals surface area (Å²) in [5.74, 6) is 0.549. The largest absolute Gasteiger partial charge is 0.353 e. The van der Waals surface area contributed by atoms with Gasteiger partial charge < -0.3 is 15.5 Å². The zero-order valence-corrected chi connectivity index (χ0v) is 13.9. The molecule has 1 aliphatic rings. The molecule has 0 unspecified atom stereocenters. The van der Waals surface area contributed by atoms with Gasteiger partial charge in [-0.2, -0.15) is 0 Å². The molecule has 114 valence electrons. The average Bonchev–Trinajstić information content (AvgIpc) is 2.95. The fraction of sp³-hybridized carbons (Fsp3) is 0.214. The predicted octanol–water partition coefficient (Wildman–Crippen LogP) is 2.09. The molecule has 1 aliphatic heterocycles. The number of amides is 2. The van der Waals surface area contributed by atoms with E-state index in [4.69, 9.17) is 0 Å². The fourth-order valence-electron chi connectivity index (χ4n) is 2.11. The molecule has 0 atom stereocenters. The summed E-state index contributed by atoms with van der Waals surface area (Å²) >= 11 is 4.79. The topological polar surface area (TPSA) is 74.3 Å². The molecular weight excluding hydrogens is 368 g/mol. The Morgan fingerprint density at radius 1 is 1.45 bits per heavy atom. The van der Waals surface area contributed by atoms with E-state index >= 15 is 0 Å². The number of rotatable bonds is 3. The number of carbonyl (C=O) groups excluding carboxylic acids is 2. The summed E-state index contributed by atoms with van der Waals surface area (Å²) in [6.45, 7) is 1.65. The van der Waals surface area contributed by atoms with Gasteiger partial charge in [0, 0.05) is 18.5 Å². The van der Waals surface area contributed by atoms with Gasteiger partial charge in [-0.05, 0) is 34.1 Å². The normalized spacial score (nSPS) is 14.6. The molecular formula is C14H13BrN4O2S. The summed E-state index contributed by atoms with van der Waals surface area (Å²) in [5, 5.41) is 7.35. The Morgan fingerprint density at radius 2 is 2.32 bits per heavy atom. The molecule has 6 nitrogen and oxygen atoms in total. The summed E-state index contributed by atoms with van der Waals surface area (Å²) in [6, 6.07) is 5.36. The molecule has 2 aromatic heterocycles. The van der Waals surface area contributed by atoms with Crippen LogP contribution in [0.2, 0.25) is 0 Å². The monoisotopic (exact) mass is 380 g/mol. The highest BCUT2D eigenvalue weighted by atomic mass is 79.9. The maximum absolute atomic E-state index is 12.0. The van der Waals surface area contributed by atoms with Crippen molar-refractivity contribution in [2.24, 2.45) is 0 Å². The molecule has 0 bridgehead atoms. The van der Waals surface area contributed by atoms with Gasteiger partial charge in [0.1, 0.15) is 5.82 Å². The number of carbonyl (C=O) groups is 2. The first-order valence-corrected chi connectivity index (χ1v) is 8.32. The lowest BCUT2D eigenvalue weighted by Gasteiger charge is -2.27. The number of anilines is 2. The van der Waals surface area contributed by atoms with E-state index in [0.717, 1.165) is 16.1 Å². The third-order valence-electron chi connectivity index (χ3n) is 3.20. The number of pyridine rings is 1. The quantitative estimate of drug-likeness (QED) is 0.854. The van der Waals surface area contributed by atoms with Crippen LogP contribution in [0.3, 0.4) is 0 Å². The molecule has 2 N–H and O–H groups in total. The van der Waals surface area contributed by atoms with Crippen molar-refractivity contribution in [3.63, 3.8) is 0 Å². The van der Waals surface area contributed by atoms with Gasteiger partial charge in [0.2, 0.25) is 5.91 Å².